The van der Waals surface area contributed by atoms with Gasteiger partial charge in [-0.25, -0.2) is 4.99 Å². The number of guanidine groups is 1. The normalized spacial score (nSPS) is 19.1. The Balaban J connectivity index is 0.00000208. The molecule has 2 heterocycles. The van der Waals surface area contributed by atoms with Crippen LogP contribution in [0.1, 0.15) is 18.9 Å². The van der Waals surface area contributed by atoms with E-state index in [4.69, 9.17) is 14.2 Å². The molecule has 2 N–H and O–H groups in total. The molecule has 1 aromatic rings. The highest BCUT2D eigenvalue weighted by Gasteiger charge is 2.18. The van der Waals surface area contributed by atoms with Crippen LogP contribution in [0.15, 0.2) is 21.6 Å². The lowest BCUT2D eigenvalue weighted by Crippen LogP contribution is -2.39. The van der Waals surface area contributed by atoms with Crippen LogP contribution in [0.3, 0.4) is 0 Å². The Bertz CT molecular complexity index is 580. The fraction of sp³-hybridized carbons (Fsp3) is 0.562. The van der Waals surface area contributed by atoms with Gasteiger partial charge in [-0.2, -0.15) is 0 Å². The molecule has 0 aliphatic carbocycles. The van der Waals surface area contributed by atoms with Crippen LogP contribution in [0.25, 0.3) is 0 Å². The van der Waals surface area contributed by atoms with Crippen molar-refractivity contribution in [2.45, 2.75) is 19.9 Å². The second-order valence-electron chi connectivity index (χ2n) is 5.62. The summed E-state index contributed by atoms with van der Waals surface area (Å²) in [6.07, 6.45) is 1.11. The van der Waals surface area contributed by atoms with E-state index in [1.54, 1.807) is 0 Å². The van der Waals surface area contributed by atoms with Gasteiger partial charge < -0.3 is 24.8 Å². The minimum Gasteiger partial charge on any atom is -0.454 e. The Labute approximate surface area is 167 Å². The molecule has 1 saturated heterocycles. The highest BCUT2D eigenvalue weighted by molar-refractivity contribution is 14.0. The SMILES string of the molecule is CCNC(=NCc1cc(Br)c2c(c1)OCO2)NCC1CCOC1.I. The first-order valence-corrected chi connectivity index (χ1v) is 8.73. The van der Waals surface area contributed by atoms with Crippen LogP contribution in [-0.4, -0.2) is 39.1 Å². The number of nitrogens with one attached hydrogen (secondary N) is 2. The van der Waals surface area contributed by atoms with E-state index in [0.29, 0.717) is 12.5 Å². The molecule has 1 unspecified atom stereocenters. The molecule has 2 aliphatic heterocycles. The zero-order valence-electron chi connectivity index (χ0n) is 13.6. The molecule has 2 aliphatic rings. The van der Waals surface area contributed by atoms with Crippen LogP contribution in [0.2, 0.25) is 0 Å². The van der Waals surface area contributed by atoms with Gasteiger partial charge in [-0.1, -0.05) is 0 Å². The maximum absolute atomic E-state index is 5.44. The summed E-state index contributed by atoms with van der Waals surface area (Å²) in [6, 6.07) is 4.00. The third-order valence-corrected chi connectivity index (χ3v) is 4.42. The van der Waals surface area contributed by atoms with E-state index in [9.17, 15) is 0 Å². The van der Waals surface area contributed by atoms with Crippen molar-refractivity contribution in [1.82, 2.24) is 10.6 Å². The molecule has 134 valence electrons. The Morgan fingerprint density at radius 3 is 2.96 bits per heavy atom. The van der Waals surface area contributed by atoms with Crippen molar-refractivity contribution in [2.24, 2.45) is 10.9 Å². The van der Waals surface area contributed by atoms with Crippen molar-refractivity contribution in [1.29, 1.82) is 0 Å². The van der Waals surface area contributed by atoms with Crippen molar-refractivity contribution in [3.05, 3.63) is 22.2 Å². The fourth-order valence-electron chi connectivity index (χ4n) is 2.61. The van der Waals surface area contributed by atoms with Crippen LogP contribution >= 0.6 is 39.9 Å². The summed E-state index contributed by atoms with van der Waals surface area (Å²) in [5.41, 5.74) is 1.07. The minimum absolute atomic E-state index is 0. The first kappa shape index (κ1) is 19.6. The first-order chi connectivity index (χ1) is 11.3. The molecule has 0 radical (unpaired) electrons. The average molecular weight is 512 g/mol. The van der Waals surface area contributed by atoms with Crippen LogP contribution in [0, 0.1) is 5.92 Å². The van der Waals surface area contributed by atoms with Gasteiger partial charge in [0, 0.05) is 25.6 Å². The molecule has 0 bridgehead atoms. The van der Waals surface area contributed by atoms with E-state index < -0.39 is 0 Å². The Hall–Kier alpha value is -0.740. The van der Waals surface area contributed by atoms with Gasteiger partial charge >= 0.3 is 0 Å². The molecular formula is C16H23BrIN3O3. The monoisotopic (exact) mass is 511 g/mol. The van der Waals surface area contributed by atoms with Gasteiger partial charge in [0.15, 0.2) is 17.5 Å². The number of nitrogens with zero attached hydrogens (tertiary/aromatic N) is 1. The molecule has 0 amide bonds. The minimum atomic E-state index is 0. The Morgan fingerprint density at radius 2 is 2.21 bits per heavy atom. The van der Waals surface area contributed by atoms with Crippen LogP contribution in [0.5, 0.6) is 11.5 Å². The third-order valence-electron chi connectivity index (χ3n) is 3.83. The quantitative estimate of drug-likeness (QED) is 0.361. The molecule has 1 atom stereocenters. The van der Waals surface area contributed by atoms with Gasteiger partial charge in [0.25, 0.3) is 0 Å². The highest BCUT2D eigenvalue weighted by atomic mass is 127. The van der Waals surface area contributed by atoms with Crippen molar-refractivity contribution in [3.63, 3.8) is 0 Å². The van der Waals surface area contributed by atoms with Crippen LogP contribution in [-0.2, 0) is 11.3 Å². The zero-order valence-corrected chi connectivity index (χ0v) is 17.6. The highest BCUT2D eigenvalue weighted by Crippen LogP contribution is 2.40. The van der Waals surface area contributed by atoms with Crippen molar-refractivity contribution in [2.75, 3.05) is 33.1 Å². The van der Waals surface area contributed by atoms with E-state index in [-0.39, 0.29) is 30.8 Å². The summed E-state index contributed by atoms with van der Waals surface area (Å²) in [4.78, 5) is 4.65. The third kappa shape index (κ3) is 5.13. The summed E-state index contributed by atoms with van der Waals surface area (Å²) < 4.78 is 17.2. The number of fused-ring (bicyclic) bond motifs is 1. The molecule has 24 heavy (non-hydrogen) atoms. The van der Waals surface area contributed by atoms with Gasteiger partial charge in [0.05, 0.1) is 17.6 Å². The molecule has 0 spiro atoms. The van der Waals surface area contributed by atoms with Gasteiger partial charge in [-0.15, -0.1) is 24.0 Å². The number of benzene rings is 1. The van der Waals surface area contributed by atoms with E-state index in [1.807, 2.05) is 12.1 Å². The number of hydrogen-bond acceptors (Lipinski definition) is 4. The maximum atomic E-state index is 5.44. The van der Waals surface area contributed by atoms with Crippen molar-refractivity contribution >= 4 is 45.9 Å². The molecule has 3 rings (SSSR count). The molecule has 6 nitrogen and oxygen atoms in total. The van der Waals surface area contributed by atoms with E-state index in [1.165, 1.54) is 0 Å². The van der Waals surface area contributed by atoms with Gasteiger partial charge in [0.2, 0.25) is 6.79 Å². The van der Waals surface area contributed by atoms with Crippen LogP contribution < -0.4 is 20.1 Å². The molecular weight excluding hydrogens is 489 g/mol. The summed E-state index contributed by atoms with van der Waals surface area (Å²) in [7, 11) is 0. The van der Waals surface area contributed by atoms with E-state index >= 15 is 0 Å². The molecule has 8 heteroatoms. The first-order valence-electron chi connectivity index (χ1n) is 7.94. The summed E-state index contributed by atoms with van der Waals surface area (Å²) >= 11 is 3.51. The number of ether oxygens (including phenoxy) is 3. The second kappa shape index (κ2) is 9.67. The maximum Gasteiger partial charge on any atom is 0.231 e. The lowest BCUT2D eigenvalue weighted by Gasteiger charge is -2.14. The lowest BCUT2D eigenvalue weighted by atomic mass is 10.1. The standard InChI is InChI=1S/C16H22BrN3O3.HI/c1-2-18-16(19-7-11-3-4-21-9-11)20-8-12-5-13(17)15-14(6-12)22-10-23-15;/h5-6,11H,2-4,7-10H2,1H3,(H2,18,19,20);1H. The lowest BCUT2D eigenvalue weighted by molar-refractivity contribution is 0.173. The molecule has 1 fully saturated rings. The number of halogens is 2. The van der Waals surface area contributed by atoms with Gasteiger partial charge in [-0.3, -0.25) is 0 Å². The smallest absolute Gasteiger partial charge is 0.231 e. The summed E-state index contributed by atoms with van der Waals surface area (Å²) in [5, 5.41) is 6.67. The summed E-state index contributed by atoms with van der Waals surface area (Å²) in [6.45, 7) is 6.33. The number of hydrogen-bond donors (Lipinski definition) is 2. The molecule has 0 saturated carbocycles. The van der Waals surface area contributed by atoms with E-state index in [2.05, 4.69) is 38.5 Å². The number of rotatable bonds is 5. The predicted octanol–water partition coefficient (Wildman–Crippen LogP) is 2.89. The van der Waals surface area contributed by atoms with Crippen LogP contribution in [0.4, 0.5) is 0 Å². The second-order valence-corrected chi connectivity index (χ2v) is 6.47. The topological polar surface area (TPSA) is 64.1 Å². The zero-order chi connectivity index (χ0) is 16.1. The largest absolute Gasteiger partial charge is 0.454 e. The molecule has 0 aromatic heterocycles. The van der Waals surface area contributed by atoms with E-state index in [0.717, 1.165) is 60.2 Å². The predicted molar refractivity (Wildman–Crippen MR) is 107 cm³/mol. The van der Waals surface area contributed by atoms with Crippen molar-refractivity contribution < 1.29 is 14.2 Å². The van der Waals surface area contributed by atoms with Crippen molar-refractivity contribution in [3.8, 4) is 11.5 Å². The fourth-order valence-corrected chi connectivity index (χ4v) is 3.21. The van der Waals surface area contributed by atoms with Gasteiger partial charge in [0.1, 0.15) is 0 Å². The number of aliphatic imine (C=N–C) groups is 1. The summed E-state index contributed by atoms with van der Waals surface area (Å²) in [5.74, 6) is 2.93. The Morgan fingerprint density at radius 1 is 1.33 bits per heavy atom. The molecule has 1 aromatic carbocycles. The Kier molecular flexibility index (Phi) is 7.89. The average Bonchev–Trinajstić information content (AvgIpc) is 3.21. The van der Waals surface area contributed by atoms with Gasteiger partial charge in [-0.05, 0) is 47.0 Å².